The number of aromatic nitrogens is 1. The van der Waals surface area contributed by atoms with Crippen LogP contribution in [-0.2, 0) is 6.54 Å². The number of ether oxygens (including phenoxy) is 1. The topological polar surface area (TPSA) is 48.8 Å². The zero-order valence-electron chi connectivity index (χ0n) is 12.8. The maximum absolute atomic E-state index is 9.21. The van der Waals surface area contributed by atoms with Crippen molar-refractivity contribution in [1.82, 2.24) is 9.88 Å². The van der Waals surface area contributed by atoms with E-state index < -0.39 is 5.75 Å². The molecule has 0 saturated carbocycles. The molecule has 2 aromatic rings. The Labute approximate surface area is 141 Å². The van der Waals surface area contributed by atoms with Gasteiger partial charge in [0.2, 0.25) is 0 Å². The summed E-state index contributed by atoms with van der Waals surface area (Å²) in [5.74, 6) is 0.334. The van der Waals surface area contributed by atoms with Crippen molar-refractivity contribution in [1.29, 1.82) is 0 Å². The Morgan fingerprint density at radius 1 is 1.09 bits per heavy atom. The SMILES string of the molecule is OC(Cl)Oc1ccccc1CN1CCN(c2ccccn2)CC1. The number of piperazine rings is 1. The minimum Gasteiger partial charge on any atom is -0.451 e. The van der Waals surface area contributed by atoms with E-state index in [1.165, 1.54) is 0 Å². The van der Waals surface area contributed by atoms with Crippen LogP contribution in [0, 0.1) is 0 Å². The fraction of sp³-hybridized carbons (Fsp3) is 0.353. The van der Waals surface area contributed by atoms with E-state index in [0.29, 0.717) is 5.75 Å². The molecule has 122 valence electrons. The number of halogens is 1. The van der Waals surface area contributed by atoms with Gasteiger partial charge in [0.1, 0.15) is 11.6 Å². The second-order valence-corrected chi connectivity index (χ2v) is 5.84. The third-order valence-corrected chi connectivity index (χ3v) is 4.03. The number of hydrogen-bond acceptors (Lipinski definition) is 5. The number of rotatable bonds is 5. The lowest BCUT2D eigenvalue weighted by Gasteiger charge is -2.35. The zero-order valence-corrected chi connectivity index (χ0v) is 13.6. The van der Waals surface area contributed by atoms with Gasteiger partial charge < -0.3 is 14.7 Å². The molecule has 1 unspecified atom stereocenters. The highest BCUT2D eigenvalue weighted by Crippen LogP contribution is 2.22. The van der Waals surface area contributed by atoms with E-state index in [0.717, 1.165) is 44.1 Å². The van der Waals surface area contributed by atoms with Gasteiger partial charge in [0.15, 0.2) is 0 Å². The van der Waals surface area contributed by atoms with Crippen LogP contribution in [-0.4, -0.2) is 46.9 Å². The van der Waals surface area contributed by atoms with Gasteiger partial charge in [-0.3, -0.25) is 4.90 Å². The molecule has 6 heteroatoms. The molecule has 1 aliphatic rings. The number of anilines is 1. The van der Waals surface area contributed by atoms with E-state index in [-0.39, 0.29) is 0 Å². The van der Waals surface area contributed by atoms with Gasteiger partial charge in [-0.2, -0.15) is 0 Å². The summed E-state index contributed by atoms with van der Waals surface area (Å²) in [4.78, 5) is 9.06. The van der Waals surface area contributed by atoms with Gasteiger partial charge in [0, 0.05) is 44.5 Å². The Balaban J connectivity index is 1.59. The van der Waals surface area contributed by atoms with Crippen LogP contribution in [0.5, 0.6) is 5.75 Å². The predicted molar refractivity (Wildman–Crippen MR) is 90.7 cm³/mol. The summed E-state index contributed by atoms with van der Waals surface area (Å²) in [5.41, 5.74) is 1.03. The van der Waals surface area contributed by atoms with Crippen molar-refractivity contribution in [3.8, 4) is 5.75 Å². The Hall–Kier alpha value is -1.82. The molecule has 0 bridgehead atoms. The third-order valence-electron chi connectivity index (χ3n) is 3.94. The van der Waals surface area contributed by atoms with Crippen LogP contribution in [0.2, 0.25) is 0 Å². The van der Waals surface area contributed by atoms with Crippen LogP contribution >= 0.6 is 11.6 Å². The summed E-state index contributed by atoms with van der Waals surface area (Å²) in [5, 5.41) is 9.21. The monoisotopic (exact) mass is 333 g/mol. The largest absolute Gasteiger partial charge is 0.451 e. The number of para-hydroxylation sites is 1. The van der Waals surface area contributed by atoms with E-state index in [2.05, 4.69) is 14.8 Å². The summed E-state index contributed by atoms with van der Waals surface area (Å²) in [6, 6.07) is 13.7. The molecule has 1 aromatic carbocycles. The fourth-order valence-electron chi connectivity index (χ4n) is 2.77. The number of alkyl halides is 1. The summed E-state index contributed by atoms with van der Waals surface area (Å²) in [6.45, 7) is 4.56. The van der Waals surface area contributed by atoms with Gasteiger partial charge in [-0.05, 0) is 29.8 Å². The van der Waals surface area contributed by atoms with Crippen LogP contribution in [0.15, 0.2) is 48.7 Å². The zero-order chi connectivity index (χ0) is 16.1. The molecule has 1 N–H and O–H groups in total. The molecule has 23 heavy (non-hydrogen) atoms. The number of pyridine rings is 1. The molecule has 2 heterocycles. The Morgan fingerprint density at radius 3 is 2.52 bits per heavy atom. The first kappa shape index (κ1) is 16.1. The van der Waals surface area contributed by atoms with Crippen molar-refractivity contribution in [2.75, 3.05) is 31.1 Å². The highest BCUT2D eigenvalue weighted by atomic mass is 35.5. The van der Waals surface area contributed by atoms with Gasteiger partial charge in [-0.15, -0.1) is 0 Å². The second kappa shape index (κ2) is 7.64. The van der Waals surface area contributed by atoms with Gasteiger partial charge in [0.05, 0.1) is 0 Å². The van der Waals surface area contributed by atoms with E-state index in [1.54, 1.807) is 0 Å². The number of aliphatic hydroxyl groups is 1. The molecule has 1 aromatic heterocycles. The van der Waals surface area contributed by atoms with Crippen molar-refractivity contribution in [3.05, 3.63) is 54.2 Å². The number of benzene rings is 1. The molecule has 0 amide bonds. The molecule has 0 aliphatic carbocycles. The molecule has 5 nitrogen and oxygen atoms in total. The summed E-state index contributed by atoms with van der Waals surface area (Å²) < 4.78 is 5.25. The van der Waals surface area contributed by atoms with Crippen molar-refractivity contribution >= 4 is 17.4 Å². The minimum absolute atomic E-state index is 0.627. The molecule has 0 spiro atoms. The standard InChI is InChI=1S/C17H20ClN3O2/c18-17(22)23-15-6-2-1-5-14(15)13-20-9-11-21(12-10-20)16-7-3-4-8-19-16/h1-8,17,22H,9-13H2. The lowest BCUT2D eigenvalue weighted by Crippen LogP contribution is -2.46. The van der Waals surface area contributed by atoms with Crippen molar-refractivity contribution in [2.45, 2.75) is 12.3 Å². The molecule has 0 radical (unpaired) electrons. The molecular weight excluding hydrogens is 314 g/mol. The van der Waals surface area contributed by atoms with Crippen molar-refractivity contribution < 1.29 is 9.84 Å². The summed E-state index contributed by atoms with van der Waals surface area (Å²) >= 11 is 5.52. The second-order valence-electron chi connectivity index (χ2n) is 5.47. The van der Waals surface area contributed by atoms with Gasteiger partial charge >= 0.3 is 0 Å². The average Bonchev–Trinajstić information content (AvgIpc) is 2.58. The maximum Gasteiger partial charge on any atom is 0.277 e. The van der Waals surface area contributed by atoms with E-state index >= 15 is 0 Å². The summed E-state index contributed by atoms with van der Waals surface area (Å²) in [6.07, 6.45) is 1.83. The molecule has 1 atom stereocenters. The highest BCUT2D eigenvalue weighted by molar-refractivity contribution is 6.18. The fourth-order valence-corrected chi connectivity index (χ4v) is 2.87. The third kappa shape index (κ3) is 4.34. The Morgan fingerprint density at radius 2 is 1.83 bits per heavy atom. The van der Waals surface area contributed by atoms with Crippen LogP contribution in [0.1, 0.15) is 5.56 Å². The van der Waals surface area contributed by atoms with Crippen molar-refractivity contribution in [3.63, 3.8) is 0 Å². The van der Waals surface area contributed by atoms with Crippen molar-refractivity contribution in [2.24, 2.45) is 0 Å². The van der Waals surface area contributed by atoms with Gasteiger partial charge in [0.25, 0.3) is 5.75 Å². The smallest absolute Gasteiger partial charge is 0.277 e. The van der Waals surface area contributed by atoms with Crippen LogP contribution in [0.25, 0.3) is 0 Å². The first-order valence-corrected chi connectivity index (χ1v) is 8.11. The maximum atomic E-state index is 9.21. The predicted octanol–water partition coefficient (Wildman–Crippen LogP) is 2.30. The molecular formula is C17H20ClN3O2. The molecule has 1 aliphatic heterocycles. The number of aliphatic hydroxyl groups excluding tert-OH is 1. The van der Waals surface area contributed by atoms with Crippen LogP contribution < -0.4 is 9.64 Å². The lowest BCUT2D eigenvalue weighted by atomic mass is 10.1. The van der Waals surface area contributed by atoms with E-state index in [1.807, 2.05) is 48.7 Å². The normalized spacial score (nSPS) is 17.0. The lowest BCUT2D eigenvalue weighted by molar-refractivity contribution is 0.0537. The first-order valence-electron chi connectivity index (χ1n) is 7.67. The quantitative estimate of drug-likeness (QED) is 0.672. The average molecular weight is 334 g/mol. The van der Waals surface area contributed by atoms with Crippen LogP contribution in [0.4, 0.5) is 5.82 Å². The Kier molecular flexibility index (Phi) is 5.33. The Bertz CT molecular complexity index is 616. The first-order chi connectivity index (χ1) is 11.2. The summed E-state index contributed by atoms with van der Waals surface area (Å²) in [7, 11) is 0. The highest BCUT2D eigenvalue weighted by Gasteiger charge is 2.19. The van der Waals surface area contributed by atoms with E-state index in [9.17, 15) is 5.11 Å². The molecule has 3 rings (SSSR count). The number of nitrogens with zero attached hydrogens (tertiary/aromatic N) is 3. The number of hydrogen-bond donors (Lipinski definition) is 1. The molecule has 1 fully saturated rings. The van der Waals surface area contributed by atoms with E-state index in [4.69, 9.17) is 16.3 Å². The van der Waals surface area contributed by atoms with Gasteiger partial charge in [-0.25, -0.2) is 4.98 Å². The van der Waals surface area contributed by atoms with Crippen LogP contribution in [0.3, 0.4) is 0 Å². The minimum atomic E-state index is -1.32. The molecule has 1 saturated heterocycles. The van der Waals surface area contributed by atoms with Gasteiger partial charge in [-0.1, -0.05) is 24.3 Å².